The largest absolute Gasteiger partial charge is 0.462 e. The fraction of sp³-hybridized carbons (Fsp3) is 0.294. The third kappa shape index (κ3) is 3.78. The van der Waals surface area contributed by atoms with Crippen LogP contribution < -0.4 is 0 Å². The molecular weight excluding hydrogens is 316 g/mol. The number of ether oxygens (including phenoxy) is 1. The van der Waals surface area contributed by atoms with Crippen LogP contribution in [0.4, 0.5) is 0 Å². The molecule has 0 aliphatic heterocycles. The fourth-order valence-electron chi connectivity index (χ4n) is 2.11. The Bertz CT molecular complexity index is 675. The van der Waals surface area contributed by atoms with Crippen LogP contribution in [0.2, 0.25) is 0 Å². The fourth-order valence-corrected chi connectivity index (χ4v) is 4.69. The highest BCUT2D eigenvalue weighted by molar-refractivity contribution is 8.00. The smallest absolute Gasteiger partial charge is 0.348 e. The number of ketones is 1. The topological polar surface area (TPSA) is 43.4 Å². The lowest BCUT2D eigenvalue weighted by atomic mass is 10.1. The first-order valence-corrected chi connectivity index (χ1v) is 8.83. The molecular formula is C17H18O3S2. The number of thiophene rings is 1. The maximum absolute atomic E-state index is 12.0. The average molecular weight is 334 g/mol. The van der Waals surface area contributed by atoms with Gasteiger partial charge in [-0.2, -0.15) is 0 Å². The summed E-state index contributed by atoms with van der Waals surface area (Å²) in [6, 6.07) is 10.1. The zero-order valence-corrected chi connectivity index (χ0v) is 14.5. The summed E-state index contributed by atoms with van der Waals surface area (Å²) < 4.78 is 5.96. The molecule has 0 saturated carbocycles. The van der Waals surface area contributed by atoms with E-state index in [9.17, 15) is 9.59 Å². The van der Waals surface area contributed by atoms with Gasteiger partial charge >= 0.3 is 5.97 Å². The molecule has 1 aromatic carbocycles. The maximum atomic E-state index is 12.0. The molecule has 2 aromatic rings. The molecule has 2 rings (SSSR count). The van der Waals surface area contributed by atoms with Crippen LogP contribution in [0.15, 0.2) is 34.5 Å². The highest BCUT2D eigenvalue weighted by Crippen LogP contribution is 2.38. The van der Waals surface area contributed by atoms with E-state index in [1.54, 1.807) is 18.7 Å². The zero-order chi connectivity index (χ0) is 16.1. The minimum absolute atomic E-state index is 0.0140. The molecule has 0 aliphatic rings. The Hall–Kier alpha value is -1.59. The third-order valence-electron chi connectivity index (χ3n) is 3.14. The van der Waals surface area contributed by atoms with Crippen molar-refractivity contribution in [2.24, 2.45) is 0 Å². The SMILES string of the molecule is CCOC(=O)c1sc(SCc2ccccc2)c(C(C)=O)c1C. The number of thioether (sulfide) groups is 1. The van der Waals surface area contributed by atoms with Crippen molar-refractivity contribution in [2.45, 2.75) is 30.7 Å². The molecule has 0 radical (unpaired) electrons. The van der Waals surface area contributed by atoms with Crippen molar-refractivity contribution >= 4 is 34.9 Å². The van der Waals surface area contributed by atoms with Crippen molar-refractivity contribution in [2.75, 3.05) is 6.61 Å². The van der Waals surface area contributed by atoms with Crippen molar-refractivity contribution in [1.29, 1.82) is 0 Å². The lowest BCUT2D eigenvalue weighted by Gasteiger charge is -2.02. The molecule has 0 saturated heterocycles. The molecule has 0 bridgehead atoms. The highest BCUT2D eigenvalue weighted by atomic mass is 32.2. The summed E-state index contributed by atoms with van der Waals surface area (Å²) in [5, 5.41) is 0. The Kier molecular flexibility index (Phi) is 5.80. The summed E-state index contributed by atoms with van der Waals surface area (Å²) in [5.41, 5.74) is 2.56. The van der Waals surface area contributed by atoms with Gasteiger partial charge in [-0.25, -0.2) is 4.79 Å². The molecule has 116 valence electrons. The van der Waals surface area contributed by atoms with Crippen molar-refractivity contribution in [3.05, 3.63) is 51.9 Å². The molecule has 0 fully saturated rings. The molecule has 0 spiro atoms. The zero-order valence-electron chi connectivity index (χ0n) is 12.8. The van der Waals surface area contributed by atoms with Crippen molar-refractivity contribution in [3.63, 3.8) is 0 Å². The molecule has 0 N–H and O–H groups in total. The number of rotatable bonds is 6. The van der Waals surface area contributed by atoms with E-state index in [2.05, 4.69) is 0 Å². The van der Waals surface area contributed by atoms with Gasteiger partial charge in [-0.3, -0.25) is 4.79 Å². The van der Waals surface area contributed by atoms with Gasteiger partial charge in [-0.15, -0.1) is 23.1 Å². The number of hydrogen-bond acceptors (Lipinski definition) is 5. The van der Waals surface area contributed by atoms with E-state index in [0.717, 1.165) is 15.5 Å². The van der Waals surface area contributed by atoms with Crippen molar-refractivity contribution in [1.82, 2.24) is 0 Å². The number of esters is 1. The average Bonchev–Trinajstić information content (AvgIpc) is 2.83. The van der Waals surface area contributed by atoms with Gasteiger partial charge in [0.05, 0.1) is 10.8 Å². The quantitative estimate of drug-likeness (QED) is 0.435. The Morgan fingerprint density at radius 1 is 1.23 bits per heavy atom. The molecule has 5 heteroatoms. The van der Waals surface area contributed by atoms with E-state index in [0.29, 0.717) is 17.0 Å². The van der Waals surface area contributed by atoms with Gasteiger partial charge < -0.3 is 4.74 Å². The summed E-state index contributed by atoms with van der Waals surface area (Å²) in [5.74, 6) is 0.405. The molecule has 3 nitrogen and oxygen atoms in total. The summed E-state index contributed by atoms with van der Waals surface area (Å²) in [4.78, 5) is 24.5. The Morgan fingerprint density at radius 2 is 1.91 bits per heavy atom. The Labute approximate surface area is 138 Å². The van der Waals surface area contributed by atoms with Gasteiger partial charge in [0.2, 0.25) is 0 Å². The van der Waals surface area contributed by atoms with Crippen LogP contribution in [0.25, 0.3) is 0 Å². The molecule has 0 aliphatic carbocycles. The minimum atomic E-state index is -0.348. The normalized spacial score (nSPS) is 10.5. The van der Waals surface area contributed by atoms with Crippen molar-refractivity contribution in [3.8, 4) is 0 Å². The molecule has 0 amide bonds. The number of carbonyl (C=O) groups excluding carboxylic acids is 2. The first-order chi connectivity index (χ1) is 10.5. The second-order valence-corrected chi connectivity index (χ2v) is 7.03. The molecule has 0 unspecified atom stereocenters. The molecule has 22 heavy (non-hydrogen) atoms. The van der Waals surface area contributed by atoms with E-state index in [1.165, 1.54) is 23.8 Å². The number of Topliss-reactive ketones (excluding diaryl/α,β-unsaturated/α-hetero) is 1. The van der Waals surface area contributed by atoms with Gasteiger partial charge in [0.1, 0.15) is 4.88 Å². The Balaban J connectivity index is 2.28. The van der Waals surface area contributed by atoms with Crippen LogP contribution in [-0.2, 0) is 10.5 Å². The third-order valence-corrected chi connectivity index (χ3v) is 5.75. The number of carbonyl (C=O) groups is 2. The first-order valence-electron chi connectivity index (χ1n) is 7.02. The van der Waals surface area contributed by atoms with Crippen LogP contribution in [0.3, 0.4) is 0 Å². The van der Waals surface area contributed by atoms with Gasteiger partial charge in [0, 0.05) is 11.3 Å². The lowest BCUT2D eigenvalue weighted by Crippen LogP contribution is -2.05. The highest BCUT2D eigenvalue weighted by Gasteiger charge is 2.23. The summed E-state index contributed by atoms with van der Waals surface area (Å²) >= 11 is 2.94. The van der Waals surface area contributed by atoms with Crippen molar-refractivity contribution < 1.29 is 14.3 Å². The van der Waals surface area contributed by atoms with E-state index in [-0.39, 0.29) is 11.8 Å². The maximum Gasteiger partial charge on any atom is 0.348 e. The predicted molar refractivity (Wildman–Crippen MR) is 91.0 cm³/mol. The summed E-state index contributed by atoms with van der Waals surface area (Å²) in [7, 11) is 0. The number of hydrogen-bond donors (Lipinski definition) is 0. The molecule has 1 aromatic heterocycles. The van der Waals surface area contributed by atoms with Crippen LogP contribution in [0.1, 0.15) is 45.0 Å². The minimum Gasteiger partial charge on any atom is -0.462 e. The van der Waals surface area contributed by atoms with Gasteiger partial charge in [0.15, 0.2) is 5.78 Å². The van der Waals surface area contributed by atoms with E-state index >= 15 is 0 Å². The van der Waals surface area contributed by atoms with Gasteiger partial charge in [-0.05, 0) is 31.9 Å². The standard InChI is InChI=1S/C17H18O3S2/c1-4-20-16(19)15-11(2)14(12(3)18)17(22-15)21-10-13-8-6-5-7-9-13/h5-9H,4,10H2,1-3H3. The van der Waals surface area contributed by atoms with Crippen LogP contribution in [-0.4, -0.2) is 18.4 Å². The predicted octanol–water partition coefficient (Wildman–Crippen LogP) is 4.73. The van der Waals surface area contributed by atoms with Gasteiger partial charge in [0.25, 0.3) is 0 Å². The van der Waals surface area contributed by atoms with Crippen LogP contribution >= 0.6 is 23.1 Å². The summed E-state index contributed by atoms with van der Waals surface area (Å²) in [6.45, 7) is 5.46. The lowest BCUT2D eigenvalue weighted by molar-refractivity contribution is 0.0531. The molecule has 0 atom stereocenters. The second kappa shape index (κ2) is 7.61. The molecule has 1 heterocycles. The van der Waals surface area contributed by atoms with Crippen LogP contribution in [0.5, 0.6) is 0 Å². The summed E-state index contributed by atoms with van der Waals surface area (Å²) in [6.07, 6.45) is 0. The second-order valence-electron chi connectivity index (χ2n) is 4.77. The van der Waals surface area contributed by atoms with E-state index in [4.69, 9.17) is 4.74 Å². The van der Waals surface area contributed by atoms with E-state index < -0.39 is 0 Å². The first kappa shape index (κ1) is 16.8. The van der Waals surface area contributed by atoms with E-state index in [1.807, 2.05) is 37.3 Å². The number of benzene rings is 1. The van der Waals surface area contributed by atoms with Gasteiger partial charge in [-0.1, -0.05) is 30.3 Å². The monoisotopic (exact) mass is 334 g/mol. The van der Waals surface area contributed by atoms with Crippen LogP contribution in [0, 0.1) is 6.92 Å². The Morgan fingerprint density at radius 3 is 2.50 bits per heavy atom.